The number of aliphatic hydroxyl groups is 1. The lowest BCUT2D eigenvalue weighted by Crippen LogP contribution is -2.53. The average molecular weight is 416 g/mol. The molecule has 2 aromatic rings. The number of benzene rings is 1. The first kappa shape index (κ1) is 19.3. The van der Waals surface area contributed by atoms with E-state index in [2.05, 4.69) is 21.6 Å². The van der Waals surface area contributed by atoms with Crippen molar-refractivity contribution in [2.24, 2.45) is 11.3 Å². The average Bonchev–Trinajstić information content (AvgIpc) is 3.33. The summed E-state index contributed by atoms with van der Waals surface area (Å²) in [7, 11) is 0. The van der Waals surface area contributed by atoms with E-state index in [0.717, 1.165) is 48.5 Å². The molecule has 1 aromatic heterocycles. The number of nitriles is 1. The number of hydrogen-bond acceptors (Lipinski definition) is 4. The summed E-state index contributed by atoms with van der Waals surface area (Å²) < 4.78 is 2.24. The van der Waals surface area contributed by atoms with Gasteiger partial charge in [0.1, 0.15) is 0 Å². The van der Waals surface area contributed by atoms with E-state index in [-0.39, 0.29) is 17.9 Å². The Morgan fingerprint density at radius 2 is 1.97 bits per heavy atom. The molecule has 7 rings (SSSR count). The number of carbonyl (C=O) groups is 1. The highest BCUT2D eigenvalue weighted by molar-refractivity contribution is 5.99. The molecular weight excluding hydrogens is 386 g/mol. The Kier molecular flexibility index (Phi) is 4.22. The van der Waals surface area contributed by atoms with Crippen LogP contribution in [0.2, 0.25) is 0 Å². The van der Waals surface area contributed by atoms with Crippen molar-refractivity contribution in [1.82, 2.24) is 9.47 Å². The number of aromatic nitrogens is 1. The van der Waals surface area contributed by atoms with Gasteiger partial charge in [0.2, 0.25) is 0 Å². The maximum atomic E-state index is 13.4. The summed E-state index contributed by atoms with van der Waals surface area (Å²) in [5.74, 6) is 1.09. The Morgan fingerprint density at radius 1 is 1.23 bits per heavy atom. The van der Waals surface area contributed by atoms with Crippen LogP contribution in [0, 0.1) is 29.6 Å². The molecule has 5 fully saturated rings. The molecule has 160 valence electrons. The maximum absolute atomic E-state index is 13.4. The Hall–Kier alpha value is -2.42. The minimum Gasteiger partial charge on any atom is -0.391 e. The molecule has 2 aliphatic heterocycles. The molecule has 3 heterocycles. The Labute approximate surface area is 183 Å². The summed E-state index contributed by atoms with van der Waals surface area (Å²) in [5, 5.41) is 19.4. The summed E-state index contributed by atoms with van der Waals surface area (Å²) >= 11 is 0. The number of aliphatic hydroxyl groups excluding tert-OH is 1. The van der Waals surface area contributed by atoms with E-state index < -0.39 is 0 Å². The first-order chi connectivity index (χ1) is 15.0. The summed E-state index contributed by atoms with van der Waals surface area (Å²) in [6.07, 6.45) is 7.60. The van der Waals surface area contributed by atoms with Crippen molar-refractivity contribution in [2.45, 2.75) is 70.1 Å². The maximum Gasteiger partial charge on any atom is 0.178 e. The van der Waals surface area contributed by atoms with Crippen LogP contribution in [0.3, 0.4) is 0 Å². The number of hydrogen-bond donors (Lipinski definition) is 1. The molecule has 5 aliphatic rings. The molecule has 4 bridgehead atoms. The van der Waals surface area contributed by atoms with Crippen LogP contribution < -0.4 is 0 Å². The van der Waals surface area contributed by atoms with E-state index in [9.17, 15) is 9.90 Å². The van der Waals surface area contributed by atoms with E-state index in [1.54, 1.807) is 0 Å². The third-order valence-electron chi connectivity index (χ3n) is 8.57. The molecule has 5 heteroatoms. The van der Waals surface area contributed by atoms with Gasteiger partial charge in [-0.1, -0.05) is 0 Å². The number of ketones is 1. The fraction of sp³-hybridized carbons (Fsp3) is 0.538. The number of carbonyl (C=O) groups excluding carboxylic acids is 1. The van der Waals surface area contributed by atoms with Gasteiger partial charge in [-0.3, -0.25) is 9.69 Å². The van der Waals surface area contributed by atoms with Gasteiger partial charge in [-0.2, -0.15) is 5.26 Å². The fourth-order valence-electron chi connectivity index (χ4n) is 6.95. The smallest absolute Gasteiger partial charge is 0.178 e. The van der Waals surface area contributed by atoms with Crippen LogP contribution in [0.1, 0.15) is 65.8 Å². The summed E-state index contributed by atoms with van der Waals surface area (Å²) in [6.45, 7) is 2.45. The Bertz CT molecular complexity index is 1080. The SMILES string of the molecule is Cc1c(C(=O)CN2C3CCC2[C@@H](O)C3)cc(CC23CC(C2)C3)n1-c1ccc(C#N)cc1. The number of nitrogens with zero attached hydrogens (tertiary/aromatic N) is 3. The van der Waals surface area contributed by atoms with Gasteiger partial charge in [0.05, 0.1) is 24.3 Å². The molecule has 3 saturated carbocycles. The van der Waals surface area contributed by atoms with Crippen LogP contribution in [-0.2, 0) is 6.42 Å². The van der Waals surface area contributed by atoms with Crippen molar-refractivity contribution < 1.29 is 9.90 Å². The third-order valence-corrected chi connectivity index (χ3v) is 8.57. The van der Waals surface area contributed by atoms with Gasteiger partial charge in [0, 0.05) is 34.7 Å². The molecule has 2 saturated heterocycles. The lowest BCUT2D eigenvalue weighted by molar-refractivity contribution is -0.105. The van der Waals surface area contributed by atoms with Gasteiger partial charge >= 0.3 is 0 Å². The molecule has 1 aromatic carbocycles. The van der Waals surface area contributed by atoms with Crippen molar-refractivity contribution in [3.8, 4) is 11.8 Å². The van der Waals surface area contributed by atoms with Crippen molar-refractivity contribution in [2.75, 3.05) is 6.54 Å². The van der Waals surface area contributed by atoms with Crippen LogP contribution in [0.4, 0.5) is 0 Å². The molecule has 0 spiro atoms. The van der Waals surface area contributed by atoms with Crippen LogP contribution in [0.25, 0.3) is 5.69 Å². The molecule has 3 atom stereocenters. The zero-order valence-corrected chi connectivity index (χ0v) is 18.1. The zero-order valence-electron chi connectivity index (χ0n) is 18.1. The minimum atomic E-state index is -0.282. The molecule has 31 heavy (non-hydrogen) atoms. The van der Waals surface area contributed by atoms with Crippen molar-refractivity contribution >= 4 is 5.78 Å². The molecule has 0 amide bonds. The predicted molar refractivity (Wildman–Crippen MR) is 117 cm³/mol. The summed E-state index contributed by atoms with van der Waals surface area (Å²) in [5.41, 5.74) is 5.13. The normalized spacial score (nSPS) is 33.1. The summed E-state index contributed by atoms with van der Waals surface area (Å²) in [4.78, 5) is 15.7. The van der Waals surface area contributed by atoms with Gasteiger partial charge in [0.15, 0.2) is 5.78 Å². The zero-order chi connectivity index (χ0) is 21.3. The van der Waals surface area contributed by atoms with Crippen LogP contribution in [0.15, 0.2) is 30.3 Å². The topological polar surface area (TPSA) is 69.3 Å². The number of Topliss-reactive ketones (excluding diaryl/α,β-unsaturated/α-hetero) is 1. The van der Waals surface area contributed by atoms with E-state index in [1.165, 1.54) is 25.0 Å². The second kappa shape index (κ2) is 6.79. The van der Waals surface area contributed by atoms with Gasteiger partial charge in [-0.25, -0.2) is 0 Å². The molecule has 3 aliphatic carbocycles. The minimum absolute atomic E-state index is 0.148. The second-order valence-corrected chi connectivity index (χ2v) is 10.5. The monoisotopic (exact) mass is 415 g/mol. The first-order valence-electron chi connectivity index (χ1n) is 11.7. The van der Waals surface area contributed by atoms with Crippen molar-refractivity contribution in [3.63, 3.8) is 0 Å². The molecular formula is C26H29N3O2. The predicted octanol–water partition coefficient (Wildman–Crippen LogP) is 3.78. The van der Waals surface area contributed by atoms with E-state index >= 15 is 0 Å². The molecule has 1 N–H and O–H groups in total. The lowest BCUT2D eigenvalue weighted by atomic mass is 9.43. The van der Waals surface area contributed by atoms with Crippen LogP contribution in [-0.4, -0.2) is 45.1 Å². The highest BCUT2D eigenvalue weighted by Crippen LogP contribution is 2.65. The van der Waals surface area contributed by atoms with Crippen molar-refractivity contribution in [1.29, 1.82) is 5.26 Å². The second-order valence-electron chi connectivity index (χ2n) is 10.5. The highest BCUT2D eigenvalue weighted by Gasteiger charge is 2.56. The largest absolute Gasteiger partial charge is 0.391 e. The standard InChI is InChI=1S/C26H29N3O2/c1-16-22(25(31)15-28-20-6-7-23(28)24(30)9-20)8-21(13-26-10-18(11-26)12-26)29(16)19-4-2-17(14-27)3-5-19/h2-5,8,18,20,23-24,30H,6-7,9-13,15H2,1H3/t18?,20?,23?,24-,26?/m0/s1. The third kappa shape index (κ3) is 2.92. The number of rotatable bonds is 6. The Balaban J connectivity index is 1.33. The molecule has 2 unspecified atom stereocenters. The first-order valence-corrected chi connectivity index (χ1v) is 11.7. The van der Waals surface area contributed by atoms with Gasteiger partial charge < -0.3 is 9.67 Å². The number of fused-ring (bicyclic) bond motifs is 2. The molecule has 0 radical (unpaired) electrons. The van der Waals surface area contributed by atoms with Crippen LogP contribution >= 0.6 is 0 Å². The quantitative estimate of drug-likeness (QED) is 0.729. The molecule has 5 nitrogen and oxygen atoms in total. The van der Waals surface area contributed by atoms with E-state index in [4.69, 9.17) is 5.26 Å². The van der Waals surface area contributed by atoms with E-state index in [1.807, 2.05) is 31.2 Å². The summed E-state index contributed by atoms with van der Waals surface area (Å²) in [6, 6.07) is 12.5. The highest BCUT2D eigenvalue weighted by atomic mass is 16.3. The lowest BCUT2D eigenvalue weighted by Gasteiger charge is -2.62. The van der Waals surface area contributed by atoms with Crippen molar-refractivity contribution in [3.05, 3.63) is 52.8 Å². The van der Waals surface area contributed by atoms with Gasteiger partial charge in [-0.15, -0.1) is 0 Å². The van der Waals surface area contributed by atoms with Crippen LogP contribution in [0.5, 0.6) is 0 Å². The van der Waals surface area contributed by atoms with E-state index in [0.29, 0.717) is 23.6 Å². The van der Waals surface area contributed by atoms with Gasteiger partial charge in [0.25, 0.3) is 0 Å². The van der Waals surface area contributed by atoms with Gasteiger partial charge in [-0.05, 0) is 93.5 Å². The fourth-order valence-corrected chi connectivity index (χ4v) is 6.95. The Morgan fingerprint density at radius 3 is 2.52 bits per heavy atom.